The number of carbonyl (C=O) groups is 3. The number of aryl methyl sites for hydroxylation is 1. The molecule has 0 aliphatic carbocycles. The summed E-state index contributed by atoms with van der Waals surface area (Å²) in [5, 5.41) is 13.0. The van der Waals surface area contributed by atoms with Gasteiger partial charge in [-0.25, -0.2) is 0 Å². The standard InChI is InChI=1S/C30H38N4O4/c1-8-20-14-21(16-23(15-20)38-7)27(35)34(6)26(13-19(2)3)28(36)33(5)22(18-31)17-30(4)24-11-9-10-12-25(24)32-29(30)37/h9-12,14-16,19,22,26H,8,13,17H2,1-7H3,(H,32,37)/t22-,26-,30+/m0/s1. The van der Waals surface area contributed by atoms with Crippen molar-refractivity contribution in [2.75, 3.05) is 26.5 Å². The maximum Gasteiger partial charge on any atom is 0.254 e. The monoisotopic (exact) mass is 518 g/mol. The van der Waals surface area contributed by atoms with Crippen LogP contribution in [0.2, 0.25) is 0 Å². The minimum absolute atomic E-state index is 0.120. The van der Waals surface area contributed by atoms with E-state index < -0.39 is 17.5 Å². The number of amides is 3. The Labute approximate surface area is 225 Å². The molecule has 3 amide bonds. The van der Waals surface area contributed by atoms with Gasteiger partial charge in [0.1, 0.15) is 17.8 Å². The fourth-order valence-corrected chi connectivity index (χ4v) is 5.03. The largest absolute Gasteiger partial charge is 0.497 e. The van der Waals surface area contributed by atoms with Gasteiger partial charge >= 0.3 is 0 Å². The maximum absolute atomic E-state index is 13.9. The number of anilines is 1. The fourth-order valence-electron chi connectivity index (χ4n) is 5.03. The average molecular weight is 519 g/mol. The Hall–Kier alpha value is -3.86. The summed E-state index contributed by atoms with van der Waals surface area (Å²) >= 11 is 0. The third-order valence-electron chi connectivity index (χ3n) is 7.46. The quantitative estimate of drug-likeness (QED) is 0.502. The fraction of sp³-hybridized carbons (Fsp3) is 0.467. The molecule has 8 heteroatoms. The van der Waals surface area contributed by atoms with E-state index in [2.05, 4.69) is 11.4 Å². The first-order valence-corrected chi connectivity index (χ1v) is 13.0. The number of likely N-dealkylation sites (N-methyl/N-ethyl adjacent to an activating group) is 2. The summed E-state index contributed by atoms with van der Waals surface area (Å²) < 4.78 is 5.38. The topological polar surface area (TPSA) is 103 Å². The van der Waals surface area contributed by atoms with Crippen LogP contribution in [0.3, 0.4) is 0 Å². The number of ether oxygens (including phenoxy) is 1. The van der Waals surface area contributed by atoms with Crippen molar-refractivity contribution in [1.82, 2.24) is 9.80 Å². The number of para-hydroxylation sites is 1. The van der Waals surface area contributed by atoms with Crippen molar-refractivity contribution in [3.63, 3.8) is 0 Å². The van der Waals surface area contributed by atoms with Crippen molar-refractivity contribution in [3.05, 3.63) is 59.2 Å². The summed E-state index contributed by atoms with van der Waals surface area (Å²) in [4.78, 5) is 43.2. The van der Waals surface area contributed by atoms with Crippen molar-refractivity contribution in [2.24, 2.45) is 5.92 Å². The van der Waals surface area contributed by atoms with Crippen LogP contribution in [0.25, 0.3) is 0 Å². The van der Waals surface area contributed by atoms with Crippen LogP contribution in [0, 0.1) is 17.2 Å². The molecular formula is C30H38N4O4. The summed E-state index contributed by atoms with van der Waals surface area (Å²) in [6.07, 6.45) is 1.29. The van der Waals surface area contributed by atoms with E-state index in [1.54, 1.807) is 34.2 Å². The van der Waals surface area contributed by atoms with Gasteiger partial charge in [-0.15, -0.1) is 0 Å². The Morgan fingerprint density at radius 3 is 2.42 bits per heavy atom. The minimum Gasteiger partial charge on any atom is -0.497 e. The Bertz CT molecular complexity index is 1230. The Balaban J connectivity index is 1.88. The molecule has 1 N–H and O–H groups in total. The van der Waals surface area contributed by atoms with Gasteiger partial charge in [0.2, 0.25) is 11.8 Å². The number of nitriles is 1. The second kappa shape index (κ2) is 11.7. The van der Waals surface area contributed by atoms with E-state index in [-0.39, 0.29) is 30.1 Å². The van der Waals surface area contributed by atoms with E-state index in [1.165, 1.54) is 9.80 Å². The molecule has 3 rings (SSSR count). The van der Waals surface area contributed by atoms with Gasteiger partial charge in [0.15, 0.2) is 0 Å². The number of fused-ring (bicyclic) bond motifs is 1. The van der Waals surface area contributed by atoms with Gasteiger partial charge in [-0.2, -0.15) is 5.26 Å². The molecule has 0 saturated heterocycles. The van der Waals surface area contributed by atoms with Gasteiger partial charge < -0.3 is 19.9 Å². The van der Waals surface area contributed by atoms with Crippen LogP contribution in [0.1, 0.15) is 62.0 Å². The molecule has 0 saturated carbocycles. The van der Waals surface area contributed by atoms with Crippen molar-refractivity contribution >= 4 is 23.4 Å². The molecule has 0 fully saturated rings. The summed E-state index contributed by atoms with van der Waals surface area (Å²) in [5.74, 6) is -0.131. The Kier molecular flexibility index (Phi) is 8.82. The van der Waals surface area contributed by atoms with E-state index in [1.807, 2.05) is 57.2 Å². The molecule has 1 aliphatic heterocycles. The number of rotatable bonds is 10. The molecule has 0 unspecified atom stereocenters. The number of hydrogen-bond donors (Lipinski definition) is 1. The molecule has 3 atom stereocenters. The molecule has 8 nitrogen and oxygen atoms in total. The van der Waals surface area contributed by atoms with Crippen molar-refractivity contribution in [2.45, 2.75) is 64.5 Å². The summed E-state index contributed by atoms with van der Waals surface area (Å²) in [6.45, 7) is 7.77. The molecule has 202 valence electrons. The predicted octanol–water partition coefficient (Wildman–Crippen LogP) is 4.39. The van der Waals surface area contributed by atoms with Gasteiger partial charge in [-0.1, -0.05) is 39.0 Å². The lowest BCUT2D eigenvalue weighted by molar-refractivity contribution is -0.137. The molecule has 0 bridgehead atoms. The van der Waals surface area contributed by atoms with Crippen LogP contribution < -0.4 is 10.1 Å². The minimum atomic E-state index is -0.960. The van der Waals surface area contributed by atoms with Crippen molar-refractivity contribution in [3.8, 4) is 11.8 Å². The Morgan fingerprint density at radius 1 is 1.13 bits per heavy atom. The van der Waals surface area contributed by atoms with Gasteiger partial charge in [-0.3, -0.25) is 14.4 Å². The Morgan fingerprint density at radius 2 is 1.82 bits per heavy atom. The van der Waals surface area contributed by atoms with Crippen LogP contribution in [-0.2, 0) is 21.4 Å². The van der Waals surface area contributed by atoms with Gasteiger partial charge in [0.25, 0.3) is 5.91 Å². The molecule has 0 spiro atoms. The zero-order valence-electron chi connectivity index (χ0n) is 23.4. The maximum atomic E-state index is 13.9. The SMILES string of the molecule is CCc1cc(OC)cc(C(=O)N(C)[C@@H](CC(C)C)C(=O)N(C)[C@H](C#N)C[C@@]2(C)C(=O)Nc3ccccc32)c1. The van der Waals surface area contributed by atoms with E-state index in [9.17, 15) is 19.6 Å². The molecule has 0 radical (unpaired) electrons. The van der Waals surface area contributed by atoms with Gasteiger partial charge in [0.05, 0.1) is 18.6 Å². The smallest absolute Gasteiger partial charge is 0.254 e. The molecule has 0 aromatic heterocycles. The van der Waals surface area contributed by atoms with Crippen LogP contribution in [0.15, 0.2) is 42.5 Å². The normalized spacial score (nSPS) is 17.7. The number of methoxy groups -OCH3 is 1. The summed E-state index contributed by atoms with van der Waals surface area (Å²) in [7, 11) is 4.75. The second-order valence-electron chi connectivity index (χ2n) is 10.6. The van der Waals surface area contributed by atoms with Crippen molar-refractivity contribution < 1.29 is 19.1 Å². The molecule has 1 aliphatic rings. The molecule has 38 heavy (non-hydrogen) atoms. The van der Waals surface area contributed by atoms with E-state index in [0.717, 1.165) is 23.2 Å². The summed E-state index contributed by atoms with van der Waals surface area (Å²) in [5.41, 5.74) is 1.97. The number of hydrogen-bond acceptors (Lipinski definition) is 5. The van der Waals surface area contributed by atoms with E-state index in [4.69, 9.17) is 4.74 Å². The van der Waals surface area contributed by atoms with Crippen molar-refractivity contribution in [1.29, 1.82) is 5.26 Å². The van der Waals surface area contributed by atoms with Gasteiger partial charge in [0, 0.05) is 25.3 Å². The van der Waals surface area contributed by atoms with Gasteiger partial charge in [-0.05, 0) is 67.5 Å². The first-order valence-electron chi connectivity index (χ1n) is 13.0. The number of nitrogens with zero attached hydrogens (tertiary/aromatic N) is 3. The highest BCUT2D eigenvalue weighted by molar-refractivity contribution is 6.06. The molecule has 2 aromatic carbocycles. The average Bonchev–Trinajstić information content (AvgIpc) is 3.17. The first-order chi connectivity index (χ1) is 18.0. The highest BCUT2D eigenvalue weighted by Gasteiger charge is 2.45. The molecule has 1 heterocycles. The third-order valence-corrected chi connectivity index (χ3v) is 7.46. The molecule has 2 aromatic rings. The zero-order chi connectivity index (χ0) is 28.2. The van der Waals surface area contributed by atoms with E-state index >= 15 is 0 Å². The van der Waals surface area contributed by atoms with Crippen LogP contribution in [0.4, 0.5) is 5.69 Å². The molecular weight excluding hydrogens is 480 g/mol. The predicted molar refractivity (Wildman–Crippen MR) is 147 cm³/mol. The highest BCUT2D eigenvalue weighted by Crippen LogP contribution is 2.41. The first kappa shape index (κ1) is 28.7. The number of carbonyl (C=O) groups excluding carboxylic acids is 3. The zero-order valence-corrected chi connectivity index (χ0v) is 23.4. The van der Waals surface area contributed by atoms with E-state index in [0.29, 0.717) is 17.7 Å². The lowest BCUT2D eigenvalue weighted by atomic mass is 9.78. The van der Waals surface area contributed by atoms with Crippen LogP contribution in [0.5, 0.6) is 5.75 Å². The lowest BCUT2D eigenvalue weighted by Crippen LogP contribution is -2.52. The lowest BCUT2D eigenvalue weighted by Gasteiger charge is -2.35. The summed E-state index contributed by atoms with van der Waals surface area (Å²) in [6, 6.07) is 13.4. The number of nitrogens with one attached hydrogen (secondary N) is 1. The third kappa shape index (κ3) is 5.67. The second-order valence-corrected chi connectivity index (χ2v) is 10.6. The number of benzene rings is 2. The highest BCUT2D eigenvalue weighted by atomic mass is 16.5. The van der Waals surface area contributed by atoms with Crippen LogP contribution in [-0.4, -0.2) is 60.8 Å². The van der Waals surface area contributed by atoms with Crippen LogP contribution >= 0.6 is 0 Å².